The molecule has 1 spiro atoms. The monoisotopic (exact) mass is 321 g/mol. The first-order chi connectivity index (χ1) is 9.78. The van der Waals surface area contributed by atoms with Gasteiger partial charge >= 0.3 is 0 Å². The zero-order valence-corrected chi connectivity index (χ0v) is 13.8. The van der Waals surface area contributed by atoms with E-state index < -0.39 is 0 Å². The number of piperidine rings is 1. The van der Waals surface area contributed by atoms with Crippen LogP contribution in [0.15, 0.2) is 41.8 Å². The highest BCUT2D eigenvalue weighted by Crippen LogP contribution is 2.53. The normalized spacial score (nSPS) is 23.8. The second-order valence-electron chi connectivity index (χ2n) is 5.90. The van der Waals surface area contributed by atoms with E-state index >= 15 is 0 Å². The third-order valence-corrected chi connectivity index (χ3v) is 5.62. The molecule has 2 aromatic rings. The van der Waals surface area contributed by atoms with Gasteiger partial charge in [0.2, 0.25) is 0 Å². The topological polar surface area (TPSA) is 12.5 Å². The number of likely N-dealkylation sites (tertiary alicyclic amines) is 1. The molecule has 0 saturated carbocycles. The highest BCUT2D eigenvalue weighted by atomic mass is 35.5. The summed E-state index contributed by atoms with van der Waals surface area (Å²) in [4.78, 5) is 3.82. The summed E-state index contributed by atoms with van der Waals surface area (Å²) in [5.41, 5.74) is 2.69. The third-order valence-electron chi connectivity index (χ3n) is 4.66. The predicted octanol–water partition coefficient (Wildman–Crippen LogP) is 4.21. The molecule has 112 valence electrons. The molecule has 1 saturated heterocycles. The van der Waals surface area contributed by atoms with Crippen molar-refractivity contribution in [2.45, 2.75) is 24.5 Å². The number of halogens is 1. The lowest BCUT2D eigenvalue weighted by molar-refractivity contribution is -0.0938. The Balaban J connectivity index is 0.00000132. The van der Waals surface area contributed by atoms with Gasteiger partial charge in [0.25, 0.3) is 0 Å². The summed E-state index contributed by atoms with van der Waals surface area (Å²) >= 11 is 1.84. The SMILES string of the molecule is CN1CCC2(CC1)OC(c1ccccc1)c1sccc12.Cl. The van der Waals surface area contributed by atoms with E-state index in [0.29, 0.717) is 0 Å². The van der Waals surface area contributed by atoms with Gasteiger partial charge in [-0.3, -0.25) is 0 Å². The number of thiophene rings is 1. The highest BCUT2D eigenvalue weighted by Gasteiger charge is 2.47. The fourth-order valence-electron chi connectivity index (χ4n) is 3.46. The molecule has 0 N–H and O–H groups in total. The van der Waals surface area contributed by atoms with Crippen molar-refractivity contribution < 1.29 is 4.74 Å². The molecular formula is C17H20ClNOS. The Bertz CT molecular complexity index is 604. The zero-order valence-electron chi connectivity index (χ0n) is 12.1. The molecule has 4 heteroatoms. The standard InChI is InChI=1S/C17H19NOS.ClH/c1-18-10-8-17(9-11-18)14-7-12-20-16(14)15(19-17)13-5-3-2-4-6-13;/h2-7,12,15H,8-11H2,1H3;1H. The number of rotatable bonds is 1. The van der Waals surface area contributed by atoms with Crippen LogP contribution in [0.1, 0.15) is 34.9 Å². The summed E-state index contributed by atoms with van der Waals surface area (Å²) in [6, 6.07) is 12.9. The van der Waals surface area contributed by atoms with Gasteiger partial charge in [0.05, 0.1) is 5.60 Å². The smallest absolute Gasteiger partial charge is 0.118 e. The van der Waals surface area contributed by atoms with Crippen LogP contribution in [-0.2, 0) is 10.3 Å². The Morgan fingerprint density at radius 1 is 1.14 bits per heavy atom. The van der Waals surface area contributed by atoms with E-state index in [9.17, 15) is 0 Å². The molecule has 1 fully saturated rings. The molecule has 1 atom stereocenters. The quantitative estimate of drug-likeness (QED) is 0.780. The lowest BCUT2D eigenvalue weighted by Crippen LogP contribution is -2.40. The number of nitrogens with zero attached hydrogens (tertiary/aromatic N) is 1. The molecule has 0 bridgehead atoms. The molecule has 0 aliphatic carbocycles. The molecular weight excluding hydrogens is 302 g/mol. The summed E-state index contributed by atoms with van der Waals surface area (Å²) < 4.78 is 6.62. The molecule has 21 heavy (non-hydrogen) atoms. The van der Waals surface area contributed by atoms with Crippen molar-refractivity contribution in [3.05, 3.63) is 57.8 Å². The molecule has 1 aromatic heterocycles. The van der Waals surface area contributed by atoms with E-state index in [-0.39, 0.29) is 24.1 Å². The van der Waals surface area contributed by atoms with Crippen LogP contribution in [0.2, 0.25) is 0 Å². The average Bonchev–Trinajstić information content (AvgIpc) is 3.07. The summed E-state index contributed by atoms with van der Waals surface area (Å²) in [6.45, 7) is 2.24. The van der Waals surface area contributed by atoms with Crippen molar-refractivity contribution in [3.63, 3.8) is 0 Å². The number of hydrogen-bond acceptors (Lipinski definition) is 3. The number of benzene rings is 1. The second-order valence-corrected chi connectivity index (χ2v) is 6.85. The summed E-state index contributed by atoms with van der Waals surface area (Å²) in [5.74, 6) is 0. The van der Waals surface area contributed by atoms with Crippen molar-refractivity contribution in [1.82, 2.24) is 4.90 Å². The molecule has 0 amide bonds. The Morgan fingerprint density at radius 3 is 2.57 bits per heavy atom. The van der Waals surface area contributed by atoms with Crippen LogP contribution in [-0.4, -0.2) is 25.0 Å². The molecule has 3 heterocycles. The minimum absolute atomic E-state index is 0. The number of ether oxygens (including phenoxy) is 1. The second kappa shape index (κ2) is 5.73. The van der Waals surface area contributed by atoms with Crippen molar-refractivity contribution in [3.8, 4) is 0 Å². The molecule has 2 aliphatic heterocycles. The molecule has 2 aliphatic rings. The van der Waals surface area contributed by atoms with Gasteiger partial charge in [0.1, 0.15) is 6.10 Å². The van der Waals surface area contributed by atoms with E-state index in [1.54, 1.807) is 0 Å². The van der Waals surface area contributed by atoms with Gasteiger partial charge in [-0.1, -0.05) is 30.3 Å². The third kappa shape index (κ3) is 2.42. The molecule has 4 rings (SSSR count). The highest BCUT2D eigenvalue weighted by molar-refractivity contribution is 7.10. The van der Waals surface area contributed by atoms with E-state index in [0.717, 1.165) is 25.9 Å². The summed E-state index contributed by atoms with van der Waals surface area (Å²) in [7, 11) is 2.20. The summed E-state index contributed by atoms with van der Waals surface area (Å²) in [5, 5.41) is 2.23. The van der Waals surface area contributed by atoms with Gasteiger partial charge in [-0.25, -0.2) is 0 Å². The maximum absolute atomic E-state index is 6.62. The van der Waals surface area contributed by atoms with E-state index in [1.807, 2.05) is 11.3 Å². The van der Waals surface area contributed by atoms with E-state index in [2.05, 4.69) is 53.7 Å². The molecule has 2 nitrogen and oxygen atoms in total. The van der Waals surface area contributed by atoms with Crippen molar-refractivity contribution in [2.75, 3.05) is 20.1 Å². The maximum atomic E-state index is 6.62. The minimum Gasteiger partial charge on any atom is -0.357 e. The molecule has 1 unspecified atom stereocenters. The number of fused-ring (bicyclic) bond motifs is 2. The van der Waals surface area contributed by atoms with E-state index in [4.69, 9.17) is 4.74 Å². The van der Waals surface area contributed by atoms with Gasteiger partial charge in [-0.2, -0.15) is 0 Å². The van der Waals surface area contributed by atoms with Gasteiger partial charge in [-0.05, 0) is 36.9 Å². The molecule has 0 radical (unpaired) electrons. The Hall–Kier alpha value is -0.870. The van der Waals surface area contributed by atoms with Crippen LogP contribution in [0.4, 0.5) is 0 Å². The number of hydrogen-bond donors (Lipinski definition) is 0. The largest absolute Gasteiger partial charge is 0.357 e. The minimum atomic E-state index is -0.0393. The van der Waals surface area contributed by atoms with Crippen molar-refractivity contribution in [1.29, 1.82) is 0 Å². The Labute approximate surface area is 136 Å². The maximum Gasteiger partial charge on any atom is 0.118 e. The van der Waals surface area contributed by atoms with Crippen LogP contribution >= 0.6 is 23.7 Å². The first kappa shape index (κ1) is 15.0. The fraction of sp³-hybridized carbons (Fsp3) is 0.412. The van der Waals surface area contributed by atoms with Crippen molar-refractivity contribution >= 4 is 23.7 Å². The van der Waals surface area contributed by atoms with Gasteiger partial charge in [-0.15, -0.1) is 23.7 Å². The van der Waals surface area contributed by atoms with Crippen LogP contribution in [0.5, 0.6) is 0 Å². The fourth-order valence-corrected chi connectivity index (χ4v) is 4.50. The van der Waals surface area contributed by atoms with Crippen LogP contribution < -0.4 is 0 Å². The average molecular weight is 322 g/mol. The predicted molar refractivity (Wildman–Crippen MR) is 89.3 cm³/mol. The van der Waals surface area contributed by atoms with Gasteiger partial charge in [0.15, 0.2) is 0 Å². The van der Waals surface area contributed by atoms with Crippen LogP contribution in [0.25, 0.3) is 0 Å². The first-order valence-electron chi connectivity index (χ1n) is 7.28. The van der Waals surface area contributed by atoms with Crippen molar-refractivity contribution in [2.24, 2.45) is 0 Å². The first-order valence-corrected chi connectivity index (χ1v) is 8.16. The van der Waals surface area contributed by atoms with Gasteiger partial charge < -0.3 is 9.64 Å². The molecule has 1 aromatic carbocycles. The van der Waals surface area contributed by atoms with Crippen LogP contribution in [0, 0.1) is 0 Å². The van der Waals surface area contributed by atoms with Crippen LogP contribution in [0.3, 0.4) is 0 Å². The van der Waals surface area contributed by atoms with Gasteiger partial charge in [0, 0.05) is 23.5 Å². The Kier molecular flexibility index (Phi) is 4.10. The summed E-state index contributed by atoms with van der Waals surface area (Å²) in [6.07, 6.45) is 2.35. The zero-order chi connectivity index (χ0) is 13.6. The lowest BCUT2D eigenvalue weighted by Gasteiger charge is -2.38. The lowest BCUT2D eigenvalue weighted by atomic mass is 9.86. The Morgan fingerprint density at radius 2 is 1.86 bits per heavy atom. The van der Waals surface area contributed by atoms with E-state index in [1.165, 1.54) is 16.0 Å².